The quantitative estimate of drug-likeness (QED) is 0.491. The number of carbonyl (C=O) groups is 4. The van der Waals surface area contributed by atoms with Crippen molar-refractivity contribution in [1.29, 1.82) is 0 Å². The first-order chi connectivity index (χ1) is 14.9. The minimum absolute atomic E-state index is 0.0489. The molecule has 0 radical (unpaired) electrons. The van der Waals surface area contributed by atoms with Gasteiger partial charge in [-0.15, -0.1) is 0 Å². The lowest BCUT2D eigenvalue weighted by Gasteiger charge is -2.19. The number of carboxylic acids is 1. The standard InChI is InChI=1S/C22H24N2O7/c1-30-21(28)18(12-15-8-4-2-5-9-15)23-19(25)13-17(20(26)27)24-22(29)31-14-16-10-6-3-7-11-16/h2-11,17-18H,12-14H2,1H3,(H,23,25)(H,24,29)(H,26,27)/t17-,18-/m0/s1. The van der Waals surface area contributed by atoms with Crippen molar-refractivity contribution in [3.05, 3.63) is 71.8 Å². The first-order valence-electron chi connectivity index (χ1n) is 9.50. The van der Waals surface area contributed by atoms with Gasteiger partial charge < -0.3 is 25.2 Å². The number of amides is 2. The van der Waals surface area contributed by atoms with E-state index in [0.717, 1.165) is 11.1 Å². The van der Waals surface area contributed by atoms with Crippen molar-refractivity contribution in [2.75, 3.05) is 7.11 Å². The largest absolute Gasteiger partial charge is 0.480 e. The fourth-order valence-corrected chi connectivity index (χ4v) is 2.73. The van der Waals surface area contributed by atoms with Crippen LogP contribution in [0.3, 0.4) is 0 Å². The van der Waals surface area contributed by atoms with Crippen LogP contribution in [-0.2, 0) is 36.9 Å². The first kappa shape index (κ1) is 23.4. The molecule has 2 amide bonds. The number of benzene rings is 2. The summed E-state index contributed by atoms with van der Waals surface area (Å²) in [6, 6.07) is 15.3. The van der Waals surface area contributed by atoms with Crippen LogP contribution in [0.5, 0.6) is 0 Å². The zero-order chi connectivity index (χ0) is 22.6. The van der Waals surface area contributed by atoms with E-state index in [0.29, 0.717) is 0 Å². The van der Waals surface area contributed by atoms with E-state index in [9.17, 15) is 24.3 Å². The van der Waals surface area contributed by atoms with Gasteiger partial charge in [0.05, 0.1) is 13.5 Å². The predicted octanol–water partition coefficient (Wildman–Crippen LogP) is 1.66. The fourth-order valence-electron chi connectivity index (χ4n) is 2.73. The number of aliphatic carboxylic acids is 1. The molecular formula is C22H24N2O7. The van der Waals surface area contributed by atoms with Crippen LogP contribution in [0.4, 0.5) is 4.79 Å². The summed E-state index contributed by atoms with van der Waals surface area (Å²) in [5, 5.41) is 13.9. The average Bonchev–Trinajstić information content (AvgIpc) is 2.77. The van der Waals surface area contributed by atoms with Gasteiger partial charge in [0.15, 0.2) is 0 Å². The molecule has 9 nitrogen and oxygen atoms in total. The molecule has 0 aliphatic heterocycles. The minimum atomic E-state index is -1.53. The van der Waals surface area contributed by atoms with Gasteiger partial charge in [0.25, 0.3) is 0 Å². The maximum absolute atomic E-state index is 12.4. The molecule has 0 unspecified atom stereocenters. The molecule has 2 aromatic carbocycles. The lowest BCUT2D eigenvalue weighted by molar-refractivity contribution is -0.145. The number of ether oxygens (including phenoxy) is 2. The maximum Gasteiger partial charge on any atom is 0.408 e. The molecule has 2 aromatic rings. The van der Waals surface area contributed by atoms with Crippen LogP contribution in [0, 0.1) is 0 Å². The van der Waals surface area contributed by atoms with E-state index < -0.39 is 42.4 Å². The Labute approximate surface area is 179 Å². The molecule has 0 heterocycles. The molecule has 0 fully saturated rings. The highest BCUT2D eigenvalue weighted by atomic mass is 16.5. The highest BCUT2D eigenvalue weighted by Crippen LogP contribution is 2.06. The molecule has 31 heavy (non-hydrogen) atoms. The second kappa shape index (κ2) is 12.0. The summed E-state index contributed by atoms with van der Waals surface area (Å²) in [5.41, 5.74) is 1.51. The van der Waals surface area contributed by atoms with Gasteiger partial charge in [-0.1, -0.05) is 60.7 Å². The first-order valence-corrected chi connectivity index (χ1v) is 9.50. The van der Waals surface area contributed by atoms with Crippen LogP contribution in [0.1, 0.15) is 17.5 Å². The average molecular weight is 428 g/mol. The van der Waals surface area contributed by atoms with E-state index in [1.54, 1.807) is 48.5 Å². The van der Waals surface area contributed by atoms with E-state index in [1.807, 2.05) is 12.1 Å². The molecule has 9 heteroatoms. The number of rotatable bonds is 10. The second-order valence-electron chi connectivity index (χ2n) is 6.63. The number of carbonyl (C=O) groups excluding carboxylic acids is 3. The van der Waals surface area contributed by atoms with Crippen LogP contribution >= 0.6 is 0 Å². The number of nitrogens with one attached hydrogen (secondary N) is 2. The van der Waals surface area contributed by atoms with Crippen LogP contribution < -0.4 is 10.6 Å². The Morgan fingerprint density at radius 2 is 1.45 bits per heavy atom. The molecule has 0 spiro atoms. The van der Waals surface area contributed by atoms with Crippen LogP contribution in [0.25, 0.3) is 0 Å². The second-order valence-corrected chi connectivity index (χ2v) is 6.63. The summed E-state index contributed by atoms with van der Waals surface area (Å²) >= 11 is 0. The Bertz CT molecular complexity index is 887. The van der Waals surface area contributed by atoms with Gasteiger partial charge in [0.1, 0.15) is 18.7 Å². The van der Waals surface area contributed by atoms with Crippen LogP contribution in [0.15, 0.2) is 60.7 Å². The number of alkyl carbamates (subject to hydrolysis) is 1. The summed E-state index contributed by atoms with van der Waals surface area (Å²) in [6.45, 7) is -0.0489. The van der Waals surface area contributed by atoms with Gasteiger partial charge in [-0.05, 0) is 11.1 Å². The summed E-state index contributed by atoms with van der Waals surface area (Å²) in [7, 11) is 1.19. The SMILES string of the molecule is COC(=O)[C@H](Cc1ccccc1)NC(=O)C[C@H](NC(=O)OCc1ccccc1)C(=O)O. The molecule has 0 saturated heterocycles. The molecule has 3 N–H and O–H groups in total. The van der Waals surface area contributed by atoms with Gasteiger partial charge in [0, 0.05) is 6.42 Å². The Balaban J connectivity index is 1.92. The molecule has 0 aromatic heterocycles. The summed E-state index contributed by atoms with van der Waals surface area (Å²) in [4.78, 5) is 47.8. The fraction of sp³-hybridized carbons (Fsp3) is 0.273. The Kier molecular flexibility index (Phi) is 9.03. The summed E-state index contributed by atoms with van der Waals surface area (Å²) in [5.74, 6) is -2.81. The number of hydrogen-bond acceptors (Lipinski definition) is 6. The van der Waals surface area contributed by atoms with E-state index in [2.05, 4.69) is 10.6 Å². The van der Waals surface area contributed by atoms with Crippen molar-refractivity contribution in [2.24, 2.45) is 0 Å². The van der Waals surface area contributed by atoms with Gasteiger partial charge >= 0.3 is 18.0 Å². The van der Waals surface area contributed by atoms with Crippen molar-refractivity contribution < 1.29 is 33.8 Å². The molecule has 2 atom stereocenters. The smallest absolute Gasteiger partial charge is 0.408 e. The van der Waals surface area contributed by atoms with E-state index in [4.69, 9.17) is 9.47 Å². The molecular weight excluding hydrogens is 404 g/mol. The topological polar surface area (TPSA) is 131 Å². The van der Waals surface area contributed by atoms with Gasteiger partial charge in [-0.2, -0.15) is 0 Å². The van der Waals surface area contributed by atoms with Gasteiger partial charge in [-0.3, -0.25) is 4.79 Å². The van der Waals surface area contributed by atoms with Crippen molar-refractivity contribution in [1.82, 2.24) is 10.6 Å². The molecule has 0 bridgehead atoms. The van der Waals surface area contributed by atoms with Crippen LogP contribution in [-0.4, -0.2) is 48.2 Å². The molecule has 0 aliphatic carbocycles. The highest BCUT2D eigenvalue weighted by molar-refractivity contribution is 5.89. The number of esters is 1. The third-order valence-electron chi connectivity index (χ3n) is 4.30. The summed E-state index contributed by atoms with van der Waals surface area (Å²) in [6.07, 6.45) is -1.39. The third kappa shape index (κ3) is 8.17. The van der Waals surface area contributed by atoms with E-state index in [1.165, 1.54) is 7.11 Å². The molecule has 164 valence electrons. The zero-order valence-electron chi connectivity index (χ0n) is 16.9. The monoisotopic (exact) mass is 428 g/mol. The number of carboxylic acid groups (broad SMARTS) is 1. The van der Waals surface area contributed by atoms with E-state index >= 15 is 0 Å². The highest BCUT2D eigenvalue weighted by Gasteiger charge is 2.27. The lowest BCUT2D eigenvalue weighted by Crippen LogP contribution is -2.48. The Hall–Kier alpha value is -3.88. The van der Waals surface area contributed by atoms with Gasteiger partial charge in [0.2, 0.25) is 5.91 Å². The lowest BCUT2D eigenvalue weighted by atomic mass is 10.1. The zero-order valence-corrected chi connectivity index (χ0v) is 16.9. The molecule has 0 aliphatic rings. The third-order valence-corrected chi connectivity index (χ3v) is 4.30. The van der Waals surface area contributed by atoms with E-state index in [-0.39, 0.29) is 13.0 Å². The van der Waals surface area contributed by atoms with Crippen molar-refractivity contribution in [3.8, 4) is 0 Å². The number of methoxy groups -OCH3 is 1. The van der Waals surface area contributed by atoms with Crippen molar-refractivity contribution >= 4 is 23.9 Å². The van der Waals surface area contributed by atoms with Gasteiger partial charge in [-0.25, -0.2) is 14.4 Å². The van der Waals surface area contributed by atoms with Crippen molar-refractivity contribution in [3.63, 3.8) is 0 Å². The molecule has 0 saturated carbocycles. The van der Waals surface area contributed by atoms with Crippen molar-refractivity contribution in [2.45, 2.75) is 31.5 Å². The maximum atomic E-state index is 12.4. The molecule has 2 rings (SSSR count). The normalized spacial score (nSPS) is 12.2. The minimum Gasteiger partial charge on any atom is -0.480 e. The Morgan fingerprint density at radius 3 is 2.00 bits per heavy atom. The predicted molar refractivity (Wildman–Crippen MR) is 110 cm³/mol. The number of hydrogen-bond donors (Lipinski definition) is 3. The summed E-state index contributed by atoms with van der Waals surface area (Å²) < 4.78 is 9.70. The van der Waals surface area contributed by atoms with Crippen LogP contribution in [0.2, 0.25) is 0 Å². The Morgan fingerprint density at radius 1 is 0.871 bits per heavy atom.